The van der Waals surface area contributed by atoms with E-state index in [1.165, 1.54) is 0 Å². The van der Waals surface area contributed by atoms with Gasteiger partial charge in [0.05, 0.1) is 10.2 Å². The molecule has 19 heavy (non-hydrogen) atoms. The van der Waals surface area contributed by atoms with Gasteiger partial charge in [0.1, 0.15) is 10.9 Å². The molecule has 0 aliphatic carbocycles. The van der Waals surface area contributed by atoms with Gasteiger partial charge in [-0.2, -0.15) is 0 Å². The summed E-state index contributed by atoms with van der Waals surface area (Å²) in [5.41, 5.74) is 0.916. The smallest absolute Gasteiger partial charge is 0.197 e. The molecule has 0 bridgehead atoms. The van der Waals surface area contributed by atoms with Gasteiger partial charge in [-0.25, -0.2) is 9.97 Å². The summed E-state index contributed by atoms with van der Waals surface area (Å²) in [7, 11) is 0. The van der Waals surface area contributed by atoms with Gasteiger partial charge >= 0.3 is 0 Å². The Balaban J connectivity index is 2.43. The summed E-state index contributed by atoms with van der Waals surface area (Å²) in [6, 6.07) is 3.83. The second-order valence-corrected chi connectivity index (χ2v) is 5.97. The topological polar surface area (TPSA) is 38.9 Å². The van der Waals surface area contributed by atoms with Crippen molar-refractivity contribution in [2.45, 2.75) is 33.6 Å². The van der Waals surface area contributed by atoms with Gasteiger partial charge in [-0.15, -0.1) is 0 Å². The molecule has 0 saturated carbocycles. The molecule has 0 atom stereocenters. The highest BCUT2D eigenvalue weighted by Crippen LogP contribution is 2.29. The number of halogens is 2. The van der Waals surface area contributed by atoms with Crippen molar-refractivity contribution in [1.82, 2.24) is 9.97 Å². The van der Waals surface area contributed by atoms with Gasteiger partial charge in [0.15, 0.2) is 11.6 Å². The number of aryl methyl sites for hydroxylation is 1. The molecule has 0 saturated heterocycles. The van der Waals surface area contributed by atoms with Gasteiger partial charge in [0.2, 0.25) is 0 Å². The summed E-state index contributed by atoms with van der Waals surface area (Å²) in [4.78, 5) is 8.83. The molecule has 0 aliphatic heterocycles. The normalized spacial score (nSPS) is 11.3. The lowest BCUT2D eigenvalue weighted by atomic mass is 10.1. The van der Waals surface area contributed by atoms with Gasteiger partial charge in [-0.3, -0.25) is 0 Å². The van der Waals surface area contributed by atoms with Gasteiger partial charge in [0, 0.05) is 6.42 Å². The van der Waals surface area contributed by atoms with Gasteiger partial charge < -0.3 is 4.42 Å². The Bertz CT molecular complexity index is 581. The summed E-state index contributed by atoms with van der Waals surface area (Å²) in [6.07, 6.45) is 1.69. The lowest BCUT2D eigenvalue weighted by molar-refractivity contribution is 0.524. The van der Waals surface area contributed by atoms with Crippen LogP contribution in [-0.4, -0.2) is 9.97 Å². The minimum Gasteiger partial charge on any atom is -0.458 e. The van der Waals surface area contributed by atoms with E-state index in [2.05, 4.69) is 39.7 Å². The largest absolute Gasteiger partial charge is 0.458 e. The quantitative estimate of drug-likeness (QED) is 0.740. The van der Waals surface area contributed by atoms with Crippen molar-refractivity contribution in [1.29, 1.82) is 0 Å². The van der Waals surface area contributed by atoms with Crippen LogP contribution in [-0.2, 0) is 12.8 Å². The monoisotopic (exact) mass is 342 g/mol. The maximum atomic E-state index is 6.15. The fraction of sp³-hybridized carbons (Fsp3) is 0.429. The molecule has 3 nitrogen and oxygen atoms in total. The second-order valence-electron chi connectivity index (χ2n) is 4.82. The van der Waals surface area contributed by atoms with E-state index in [9.17, 15) is 0 Å². The minimum atomic E-state index is 0.426. The summed E-state index contributed by atoms with van der Waals surface area (Å²) in [5.74, 6) is 2.63. The van der Waals surface area contributed by atoms with E-state index < -0.39 is 0 Å². The van der Waals surface area contributed by atoms with Gasteiger partial charge in [-0.05, 0) is 40.4 Å². The van der Waals surface area contributed by atoms with Crippen molar-refractivity contribution >= 4 is 27.5 Å². The summed E-state index contributed by atoms with van der Waals surface area (Å²) in [6.45, 7) is 6.33. The SMILES string of the molecule is CCc1ccc(-c2nc(Cl)c(Br)c(CC(C)C)n2)o1. The fourth-order valence-electron chi connectivity index (χ4n) is 1.78. The van der Waals surface area contributed by atoms with Crippen molar-refractivity contribution in [3.05, 3.63) is 33.2 Å². The number of hydrogen-bond donors (Lipinski definition) is 0. The predicted molar refractivity (Wildman–Crippen MR) is 80.4 cm³/mol. The average molecular weight is 344 g/mol. The van der Waals surface area contributed by atoms with Gasteiger partial charge in [0.25, 0.3) is 0 Å². The third kappa shape index (κ3) is 3.37. The molecule has 0 spiro atoms. The van der Waals surface area contributed by atoms with Gasteiger partial charge in [-0.1, -0.05) is 32.4 Å². The number of nitrogens with zero attached hydrogens (tertiary/aromatic N) is 2. The summed E-state index contributed by atoms with van der Waals surface area (Å²) >= 11 is 9.60. The van der Waals surface area contributed by atoms with E-state index in [-0.39, 0.29) is 0 Å². The Kier molecular flexibility index (Phi) is 4.63. The van der Waals surface area contributed by atoms with E-state index in [4.69, 9.17) is 16.0 Å². The molecule has 0 aromatic carbocycles. The van der Waals surface area contributed by atoms with Crippen molar-refractivity contribution < 1.29 is 4.42 Å². The van der Waals surface area contributed by atoms with Crippen LogP contribution in [0.2, 0.25) is 5.15 Å². The molecule has 0 fully saturated rings. The van der Waals surface area contributed by atoms with Crippen LogP contribution in [0.15, 0.2) is 21.0 Å². The second kappa shape index (κ2) is 6.06. The lowest BCUT2D eigenvalue weighted by Crippen LogP contribution is -2.02. The van der Waals surface area contributed by atoms with E-state index in [0.717, 1.165) is 28.8 Å². The first-order valence-corrected chi connectivity index (χ1v) is 7.49. The Morgan fingerprint density at radius 2 is 2.05 bits per heavy atom. The van der Waals surface area contributed by atoms with Crippen molar-refractivity contribution in [3.8, 4) is 11.6 Å². The predicted octanol–water partition coefficient (Wildman–Crippen LogP) is 4.91. The molecule has 5 heteroatoms. The molecule has 0 amide bonds. The van der Waals surface area contributed by atoms with Crippen LogP contribution in [0.1, 0.15) is 32.2 Å². The van der Waals surface area contributed by atoms with Crippen LogP contribution in [0.4, 0.5) is 0 Å². The Morgan fingerprint density at radius 3 is 2.63 bits per heavy atom. The highest BCUT2D eigenvalue weighted by molar-refractivity contribution is 9.10. The highest BCUT2D eigenvalue weighted by atomic mass is 79.9. The maximum Gasteiger partial charge on any atom is 0.197 e. The number of aromatic nitrogens is 2. The third-order valence-corrected chi connectivity index (χ3v) is 4.05. The summed E-state index contributed by atoms with van der Waals surface area (Å²) in [5, 5.41) is 0.426. The van der Waals surface area contributed by atoms with E-state index in [1.807, 2.05) is 19.1 Å². The standard InChI is InChI=1S/C14H16BrClN2O/c1-4-9-5-6-11(19-9)14-17-10(7-8(2)3)12(15)13(16)18-14/h5-6,8H,4,7H2,1-3H3. The highest BCUT2D eigenvalue weighted by Gasteiger charge is 2.15. The van der Waals surface area contributed by atoms with E-state index >= 15 is 0 Å². The van der Waals surface area contributed by atoms with Crippen molar-refractivity contribution in [3.63, 3.8) is 0 Å². The summed E-state index contributed by atoms with van der Waals surface area (Å²) < 4.78 is 6.45. The zero-order valence-corrected chi connectivity index (χ0v) is 13.5. The molecular formula is C14H16BrClN2O. The molecule has 0 unspecified atom stereocenters. The lowest BCUT2D eigenvalue weighted by Gasteiger charge is -2.09. The maximum absolute atomic E-state index is 6.15. The first-order valence-electron chi connectivity index (χ1n) is 6.32. The van der Waals surface area contributed by atoms with E-state index in [1.54, 1.807) is 0 Å². The molecule has 0 N–H and O–H groups in total. The van der Waals surface area contributed by atoms with Crippen LogP contribution < -0.4 is 0 Å². The van der Waals surface area contributed by atoms with Crippen LogP contribution in [0.5, 0.6) is 0 Å². The molecule has 0 aliphatic rings. The molecule has 2 rings (SSSR count). The number of furan rings is 1. The van der Waals surface area contributed by atoms with Crippen LogP contribution in [0.25, 0.3) is 11.6 Å². The van der Waals surface area contributed by atoms with Crippen LogP contribution in [0, 0.1) is 5.92 Å². The Hall–Kier alpha value is -0.870. The first-order chi connectivity index (χ1) is 9.01. The van der Waals surface area contributed by atoms with Crippen molar-refractivity contribution in [2.75, 3.05) is 0 Å². The third-order valence-electron chi connectivity index (χ3n) is 2.71. The van der Waals surface area contributed by atoms with Crippen molar-refractivity contribution in [2.24, 2.45) is 5.92 Å². The zero-order chi connectivity index (χ0) is 14.0. The number of hydrogen-bond acceptors (Lipinski definition) is 3. The minimum absolute atomic E-state index is 0.426. The Labute approximate surface area is 126 Å². The zero-order valence-electron chi connectivity index (χ0n) is 11.2. The van der Waals surface area contributed by atoms with E-state index in [0.29, 0.717) is 22.7 Å². The van der Waals surface area contributed by atoms with Crippen LogP contribution in [0.3, 0.4) is 0 Å². The molecule has 102 valence electrons. The molecule has 2 aromatic rings. The molecular weight excluding hydrogens is 328 g/mol. The molecule has 2 heterocycles. The molecule has 2 aromatic heterocycles. The molecule has 0 radical (unpaired) electrons. The van der Waals surface area contributed by atoms with Crippen LogP contribution >= 0.6 is 27.5 Å². The fourth-order valence-corrected chi connectivity index (χ4v) is 2.31. The number of rotatable bonds is 4. The average Bonchev–Trinajstić information content (AvgIpc) is 2.82. The Morgan fingerprint density at radius 1 is 1.32 bits per heavy atom. The first kappa shape index (κ1) is 14.5.